The molecule has 0 amide bonds. The van der Waals surface area contributed by atoms with Gasteiger partial charge in [-0.05, 0) is 68.7 Å². The second kappa shape index (κ2) is 4.34. The van der Waals surface area contributed by atoms with Gasteiger partial charge in [0.25, 0.3) is 0 Å². The van der Waals surface area contributed by atoms with Crippen LogP contribution in [0.3, 0.4) is 0 Å². The van der Waals surface area contributed by atoms with Crippen LogP contribution in [0.2, 0.25) is 0 Å². The molecule has 0 atom stereocenters. The Morgan fingerprint density at radius 2 is 1.84 bits per heavy atom. The summed E-state index contributed by atoms with van der Waals surface area (Å²) in [4.78, 5) is 8.21. The first kappa shape index (κ1) is 12.7. The van der Waals surface area contributed by atoms with E-state index in [2.05, 4.69) is 37.9 Å². The Morgan fingerprint density at radius 3 is 2.53 bits per heavy atom. The van der Waals surface area contributed by atoms with E-state index < -0.39 is 0 Å². The lowest BCUT2D eigenvalue weighted by molar-refractivity contribution is 0.238. The molecule has 1 aliphatic rings. The zero-order valence-electron chi connectivity index (χ0n) is 12.1. The third kappa shape index (κ3) is 2.16. The summed E-state index contributed by atoms with van der Waals surface area (Å²) in [6, 6.07) is 4.33. The second-order valence-corrected chi connectivity index (χ2v) is 6.38. The standard InChI is InChI=1S/C16H23N3/c1-10-4-6-16(17,7-5-10)15-18-13-8-11(2)12(3)9-14(13)19-15/h8-10H,4-7,17H2,1-3H3,(H,18,19). The minimum atomic E-state index is -0.257. The van der Waals surface area contributed by atoms with E-state index in [1.807, 2.05) is 0 Å². The normalized spacial score (nSPS) is 27.9. The molecule has 0 radical (unpaired) electrons. The zero-order valence-corrected chi connectivity index (χ0v) is 12.1. The molecule has 3 N–H and O–H groups in total. The number of H-pyrrole nitrogens is 1. The van der Waals surface area contributed by atoms with Crippen LogP contribution in [-0.4, -0.2) is 9.97 Å². The maximum Gasteiger partial charge on any atom is 0.127 e. The van der Waals surface area contributed by atoms with E-state index in [0.717, 1.165) is 35.6 Å². The maximum atomic E-state index is 6.59. The van der Waals surface area contributed by atoms with Crippen LogP contribution in [-0.2, 0) is 5.54 Å². The van der Waals surface area contributed by atoms with Gasteiger partial charge in [-0.3, -0.25) is 0 Å². The van der Waals surface area contributed by atoms with E-state index in [-0.39, 0.29) is 5.54 Å². The largest absolute Gasteiger partial charge is 0.340 e. The van der Waals surface area contributed by atoms with Gasteiger partial charge < -0.3 is 10.7 Å². The molecule has 3 nitrogen and oxygen atoms in total. The third-order valence-electron chi connectivity index (χ3n) is 4.74. The van der Waals surface area contributed by atoms with Crippen LogP contribution in [0, 0.1) is 19.8 Å². The Hall–Kier alpha value is -1.35. The zero-order chi connectivity index (χ0) is 13.6. The van der Waals surface area contributed by atoms with E-state index in [1.165, 1.54) is 24.0 Å². The van der Waals surface area contributed by atoms with Crippen molar-refractivity contribution in [1.29, 1.82) is 0 Å². The smallest absolute Gasteiger partial charge is 0.127 e. The summed E-state index contributed by atoms with van der Waals surface area (Å²) in [7, 11) is 0. The average molecular weight is 257 g/mol. The first-order chi connectivity index (χ1) is 8.98. The molecule has 0 aliphatic heterocycles. The Labute approximate surface area is 114 Å². The van der Waals surface area contributed by atoms with Gasteiger partial charge in [-0.15, -0.1) is 0 Å². The average Bonchev–Trinajstić information content (AvgIpc) is 2.77. The van der Waals surface area contributed by atoms with Crippen LogP contribution in [0.15, 0.2) is 12.1 Å². The Balaban J connectivity index is 2.01. The van der Waals surface area contributed by atoms with E-state index in [1.54, 1.807) is 0 Å². The van der Waals surface area contributed by atoms with Gasteiger partial charge in [0, 0.05) is 0 Å². The van der Waals surface area contributed by atoms with Crippen molar-refractivity contribution in [3.05, 3.63) is 29.1 Å². The van der Waals surface area contributed by atoms with E-state index in [0.29, 0.717) is 0 Å². The number of aromatic amines is 1. The van der Waals surface area contributed by atoms with Crippen molar-refractivity contribution in [2.75, 3.05) is 0 Å². The molecule has 1 aromatic heterocycles. The van der Waals surface area contributed by atoms with Crippen LogP contribution in [0.4, 0.5) is 0 Å². The van der Waals surface area contributed by atoms with E-state index >= 15 is 0 Å². The summed E-state index contributed by atoms with van der Waals surface area (Å²) in [6.07, 6.45) is 4.47. The number of aromatic nitrogens is 2. The number of nitrogens with one attached hydrogen (secondary N) is 1. The molecule has 0 spiro atoms. The fourth-order valence-corrected chi connectivity index (χ4v) is 3.02. The van der Waals surface area contributed by atoms with E-state index in [9.17, 15) is 0 Å². The topological polar surface area (TPSA) is 54.7 Å². The Kier molecular flexibility index (Phi) is 2.90. The fraction of sp³-hybridized carbons (Fsp3) is 0.562. The summed E-state index contributed by atoms with van der Waals surface area (Å²) < 4.78 is 0. The van der Waals surface area contributed by atoms with Crippen molar-refractivity contribution in [1.82, 2.24) is 9.97 Å². The van der Waals surface area contributed by atoms with Crippen molar-refractivity contribution < 1.29 is 0 Å². The molecule has 0 unspecified atom stereocenters. The van der Waals surface area contributed by atoms with Crippen LogP contribution in [0.25, 0.3) is 11.0 Å². The molecule has 3 heteroatoms. The first-order valence-electron chi connectivity index (χ1n) is 7.24. The van der Waals surface area contributed by atoms with Crippen LogP contribution in [0.1, 0.15) is 49.6 Å². The molecule has 19 heavy (non-hydrogen) atoms. The molecular formula is C16H23N3. The Bertz CT molecular complexity index is 565. The van der Waals surface area contributed by atoms with Crippen molar-refractivity contribution in [2.24, 2.45) is 11.7 Å². The number of fused-ring (bicyclic) bond motifs is 1. The summed E-state index contributed by atoms with van der Waals surface area (Å²) in [5, 5.41) is 0. The van der Waals surface area contributed by atoms with Gasteiger partial charge in [-0.1, -0.05) is 6.92 Å². The molecule has 0 bridgehead atoms. The molecular weight excluding hydrogens is 234 g/mol. The number of hydrogen-bond donors (Lipinski definition) is 2. The molecule has 1 heterocycles. The van der Waals surface area contributed by atoms with Gasteiger partial charge in [0.2, 0.25) is 0 Å². The van der Waals surface area contributed by atoms with Crippen molar-refractivity contribution in [3.63, 3.8) is 0 Å². The van der Waals surface area contributed by atoms with Gasteiger partial charge in [0.15, 0.2) is 0 Å². The highest BCUT2D eigenvalue weighted by molar-refractivity contribution is 5.77. The highest BCUT2D eigenvalue weighted by Gasteiger charge is 2.34. The fourth-order valence-electron chi connectivity index (χ4n) is 3.02. The minimum absolute atomic E-state index is 0.257. The van der Waals surface area contributed by atoms with Gasteiger partial charge in [-0.2, -0.15) is 0 Å². The number of nitrogens with zero attached hydrogens (tertiary/aromatic N) is 1. The monoisotopic (exact) mass is 257 g/mol. The van der Waals surface area contributed by atoms with Gasteiger partial charge in [-0.25, -0.2) is 4.98 Å². The van der Waals surface area contributed by atoms with Crippen molar-refractivity contribution in [3.8, 4) is 0 Å². The van der Waals surface area contributed by atoms with Gasteiger partial charge in [0.1, 0.15) is 5.82 Å². The summed E-state index contributed by atoms with van der Waals surface area (Å²) in [6.45, 7) is 6.57. The SMILES string of the molecule is Cc1cc2nc(C3(N)CCC(C)CC3)[nH]c2cc1C. The molecule has 1 saturated carbocycles. The number of aryl methyl sites for hydroxylation is 2. The number of hydrogen-bond acceptors (Lipinski definition) is 2. The van der Waals surface area contributed by atoms with Crippen LogP contribution < -0.4 is 5.73 Å². The summed E-state index contributed by atoms with van der Waals surface area (Å²) >= 11 is 0. The van der Waals surface area contributed by atoms with Crippen molar-refractivity contribution >= 4 is 11.0 Å². The number of imidazole rings is 1. The van der Waals surface area contributed by atoms with Gasteiger partial charge in [0.05, 0.1) is 16.6 Å². The molecule has 1 fully saturated rings. The lowest BCUT2D eigenvalue weighted by Crippen LogP contribution is -2.41. The lowest BCUT2D eigenvalue weighted by atomic mass is 9.77. The van der Waals surface area contributed by atoms with Crippen LogP contribution in [0.5, 0.6) is 0 Å². The molecule has 1 aliphatic carbocycles. The van der Waals surface area contributed by atoms with Crippen LogP contribution >= 0.6 is 0 Å². The number of rotatable bonds is 1. The molecule has 2 aromatic rings. The van der Waals surface area contributed by atoms with Gasteiger partial charge >= 0.3 is 0 Å². The molecule has 102 valence electrons. The highest BCUT2D eigenvalue weighted by Crippen LogP contribution is 2.36. The maximum absolute atomic E-state index is 6.59. The Morgan fingerprint density at radius 1 is 1.21 bits per heavy atom. The van der Waals surface area contributed by atoms with Crippen molar-refractivity contribution in [2.45, 2.75) is 52.0 Å². The molecule has 0 saturated heterocycles. The third-order valence-corrected chi connectivity index (χ3v) is 4.74. The second-order valence-electron chi connectivity index (χ2n) is 6.38. The number of benzene rings is 1. The summed E-state index contributed by atoms with van der Waals surface area (Å²) in [5.41, 5.74) is 11.1. The predicted octanol–water partition coefficient (Wildman–Crippen LogP) is 3.54. The molecule has 1 aromatic carbocycles. The predicted molar refractivity (Wildman–Crippen MR) is 79.1 cm³/mol. The minimum Gasteiger partial charge on any atom is -0.340 e. The molecule has 3 rings (SSSR count). The quantitative estimate of drug-likeness (QED) is 0.821. The summed E-state index contributed by atoms with van der Waals surface area (Å²) in [5.74, 6) is 1.77. The lowest BCUT2D eigenvalue weighted by Gasteiger charge is -2.34. The highest BCUT2D eigenvalue weighted by atomic mass is 15.0. The van der Waals surface area contributed by atoms with E-state index in [4.69, 9.17) is 10.7 Å². The number of nitrogens with two attached hydrogens (primary N) is 1. The first-order valence-corrected chi connectivity index (χ1v) is 7.24.